The van der Waals surface area contributed by atoms with Crippen molar-refractivity contribution < 1.29 is 8.81 Å². The van der Waals surface area contributed by atoms with Crippen molar-refractivity contribution in [1.29, 1.82) is 0 Å². The number of hydrogen-bond donors (Lipinski definition) is 1. The van der Waals surface area contributed by atoms with Crippen molar-refractivity contribution in [1.82, 2.24) is 4.98 Å². The molecule has 3 nitrogen and oxygen atoms in total. The third kappa shape index (κ3) is 2.23. The van der Waals surface area contributed by atoms with Crippen LogP contribution in [-0.4, -0.2) is 4.98 Å². The van der Waals surface area contributed by atoms with E-state index in [9.17, 15) is 9.18 Å². The molecule has 1 heterocycles. The van der Waals surface area contributed by atoms with Gasteiger partial charge < -0.3 is 9.40 Å². The molecule has 0 fully saturated rings. The van der Waals surface area contributed by atoms with Gasteiger partial charge in [0.05, 0.1) is 5.54 Å². The Bertz CT molecular complexity index is 655. The van der Waals surface area contributed by atoms with Crippen molar-refractivity contribution in [3.05, 3.63) is 57.0 Å². The Morgan fingerprint density at radius 3 is 2.56 bits per heavy atom. The molecule has 0 unspecified atom stereocenters. The molecule has 0 aliphatic carbocycles. The summed E-state index contributed by atoms with van der Waals surface area (Å²) in [5.41, 5.74) is 1.48. The first-order valence-corrected chi connectivity index (χ1v) is 4.89. The third-order valence-electron chi connectivity index (χ3n) is 1.96. The maximum atomic E-state index is 12.6. The average Bonchev–Trinajstić information content (AvgIpc) is 2.63. The van der Waals surface area contributed by atoms with Crippen molar-refractivity contribution in [3.8, 4) is 0 Å². The summed E-state index contributed by atoms with van der Waals surface area (Å²) in [6.45, 7) is 0. The topological polar surface area (TPSA) is 46.0 Å². The Labute approximate surface area is 94.5 Å². The van der Waals surface area contributed by atoms with Crippen molar-refractivity contribution in [3.63, 3.8) is 0 Å². The third-order valence-corrected chi connectivity index (χ3v) is 2.16. The van der Waals surface area contributed by atoms with Crippen LogP contribution in [0.5, 0.6) is 0 Å². The van der Waals surface area contributed by atoms with E-state index in [1.165, 1.54) is 12.1 Å². The number of rotatable bonds is 1. The lowest BCUT2D eigenvalue weighted by Gasteiger charge is -1.90. The first-order valence-electron chi connectivity index (χ1n) is 4.46. The molecule has 2 aromatic rings. The van der Waals surface area contributed by atoms with Gasteiger partial charge in [0, 0.05) is 0 Å². The summed E-state index contributed by atoms with van der Waals surface area (Å²) in [4.78, 5) is 14.0. The van der Waals surface area contributed by atoms with Gasteiger partial charge in [0.25, 0.3) is 0 Å². The number of aromatic nitrogens is 1. The Morgan fingerprint density at radius 2 is 2.00 bits per heavy atom. The molecule has 1 aromatic heterocycles. The van der Waals surface area contributed by atoms with Crippen LogP contribution in [0.4, 0.5) is 4.39 Å². The van der Waals surface area contributed by atoms with E-state index in [4.69, 9.17) is 16.0 Å². The summed E-state index contributed by atoms with van der Waals surface area (Å²) < 4.78 is 17.4. The molecular weight excluding hydrogens is 233 g/mol. The molecule has 0 aliphatic rings. The van der Waals surface area contributed by atoms with E-state index < -0.39 is 5.63 Å². The van der Waals surface area contributed by atoms with Gasteiger partial charge in [0.1, 0.15) is 11.2 Å². The highest BCUT2D eigenvalue weighted by Gasteiger charge is 1.96. The van der Waals surface area contributed by atoms with Crippen LogP contribution >= 0.6 is 11.6 Å². The number of H-pyrrole nitrogens is 1. The van der Waals surface area contributed by atoms with Crippen LogP contribution in [0, 0.1) is 5.82 Å². The first-order chi connectivity index (χ1) is 7.69. The van der Waals surface area contributed by atoms with Crippen molar-refractivity contribution >= 4 is 23.2 Å². The van der Waals surface area contributed by atoms with Crippen LogP contribution in [-0.2, 0) is 0 Å². The Balaban J connectivity index is 2.55. The molecule has 0 spiro atoms. The number of benzene rings is 1. The van der Waals surface area contributed by atoms with Crippen LogP contribution < -0.4 is 16.5 Å². The number of aromatic amines is 1. The SMILES string of the molecule is O=c1o/c(=C\Cl)[nH]/c1=C\c1ccc(F)cc1. The molecule has 1 N–H and O–H groups in total. The standard InChI is InChI=1S/C11H7ClFNO2/c12-6-10-14-9(11(15)16-10)5-7-1-3-8(13)4-2-7/h1-6,14H/b9-5-,10-6-. The molecule has 0 radical (unpaired) electrons. The second-order valence-electron chi connectivity index (χ2n) is 3.10. The minimum absolute atomic E-state index is 0.181. The number of hydrogen-bond acceptors (Lipinski definition) is 2. The van der Waals surface area contributed by atoms with Gasteiger partial charge in [-0.25, -0.2) is 9.18 Å². The summed E-state index contributed by atoms with van der Waals surface area (Å²) in [6, 6.07) is 5.73. The second kappa shape index (κ2) is 4.37. The fourth-order valence-corrected chi connectivity index (χ4v) is 1.33. The van der Waals surface area contributed by atoms with Gasteiger partial charge in [-0.3, -0.25) is 0 Å². The molecule has 0 amide bonds. The highest BCUT2D eigenvalue weighted by Crippen LogP contribution is 2.02. The fraction of sp³-hybridized carbons (Fsp3) is 0. The molecule has 0 bridgehead atoms. The summed E-state index contributed by atoms with van der Waals surface area (Å²) in [6.07, 6.45) is 1.55. The van der Waals surface area contributed by atoms with E-state index in [0.717, 1.165) is 5.54 Å². The quantitative estimate of drug-likeness (QED) is 0.804. The molecule has 5 heteroatoms. The minimum Gasteiger partial charge on any atom is -0.404 e. The summed E-state index contributed by atoms with van der Waals surface area (Å²) >= 11 is 5.38. The van der Waals surface area contributed by atoms with Crippen molar-refractivity contribution in [2.45, 2.75) is 0 Å². The molecule has 0 atom stereocenters. The Hall–Kier alpha value is -1.81. The van der Waals surface area contributed by atoms with Crippen LogP contribution in [0.25, 0.3) is 11.6 Å². The Kier molecular flexibility index (Phi) is 2.92. The van der Waals surface area contributed by atoms with Crippen LogP contribution in [0.1, 0.15) is 5.56 Å². The maximum absolute atomic E-state index is 12.6. The summed E-state index contributed by atoms with van der Waals surface area (Å²) in [5.74, 6) is -0.328. The van der Waals surface area contributed by atoms with Crippen LogP contribution in [0.15, 0.2) is 33.5 Å². The van der Waals surface area contributed by atoms with Crippen molar-refractivity contribution in [2.75, 3.05) is 0 Å². The summed E-state index contributed by atoms with van der Waals surface area (Å²) in [5, 5.41) is 0.263. The lowest BCUT2D eigenvalue weighted by molar-refractivity contribution is 0.487. The normalized spacial score (nSPS) is 13.4. The van der Waals surface area contributed by atoms with Gasteiger partial charge in [-0.05, 0) is 23.8 Å². The molecule has 0 aliphatic heterocycles. The molecule has 16 heavy (non-hydrogen) atoms. The van der Waals surface area contributed by atoms with Gasteiger partial charge in [-0.2, -0.15) is 0 Å². The maximum Gasteiger partial charge on any atom is 0.361 e. The average molecular weight is 240 g/mol. The van der Waals surface area contributed by atoms with Gasteiger partial charge >= 0.3 is 5.63 Å². The summed E-state index contributed by atoms with van der Waals surface area (Å²) in [7, 11) is 0. The second-order valence-corrected chi connectivity index (χ2v) is 3.32. The molecule has 82 valence electrons. The molecule has 0 saturated heterocycles. The van der Waals surface area contributed by atoms with Gasteiger partial charge in [-0.1, -0.05) is 23.7 Å². The molecule has 2 rings (SSSR count). The predicted molar refractivity (Wildman–Crippen MR) is 58.9 cm³/mol. The van der Waals surface area contributed by atoms with E-state index >= 15 is 0 Å². The zero-order valence-electron chi connectivity index (χ0n) is 8.04. The fourth-order valence-electron chi connectivity index (χ4n) is 1.23. The monoisotopic (exact) mass is 239 g/mol. The zero-order chi connectivity index (χ0) is 11.5. The van der Waals surface area contributed by atoms with E-state index in [0.29, 0.717) is 5.56 Å². The number of nitrogens with one attached hydrogen (secondary N) is 1. The molecule has 0 saturated carbocycles. The number of oxazole rings is 1. The van der Waals surface area contributed by atoms with Crippen molar-refractivity contribution in [2.24, 2.45) is 0 Å². The van der Waals surface area contributed by atoms with Gasteiger partial charge in [-0.15, -0.1) is 0 Å². The molecule has 1 aromatic carbocycles. The minimum atomic E-state index is -0.517. The Morgan fingerprint density at radius 1 is 1.31 bits per heavy atom. The first kappa shape index (κ1) is 10.7. The van der Waals surface area contributed by atoms with Gasteiger partial charge in [0.15, 0.2) is 0 Å². The van der Waals surface area contributed by atoms with E-state index in [1.807, 2.05) is 0 Å². The highest BCUT2D eigenvalue weighted by atomic mass is 35.5. The predicted octanol–water partition coefficient (Wildman–Crippen LogP) is 0.913. The lowest BCUT2D eigenvalue weighted by Crippen LogP contribution is -2.21. The van der Waals surface area contributed by atoms with E-state index in [1.54, 1.807) is 18.2 Å². The van der Waals surface area contributed by atoms with Crippen LogP contribution in [0.3, 0.4) is 0 Å². The van der Waals surface area contributed by atoms with E-state index in [-0.39, 0.29) is 16.7 Å². The lowest BCUT2D eigenvalue weighted by atomic mass is 10.2. The molecular formula is C11H7ClFNO2. The zero-order valence-corrected chi connectivity index (χ0v) is 8.79. The van der Waals surface area contributed by atoms with Crippen LogP contribution in [0.2, 0.25) is 0 Å². The van der Waals surface area contributed by atoms with Gasteiger partial charge in [0.2, 0.25) is 5.55 Å². The highest BCUT2D eigenvalue weighted by molar-refractivity contribution is 6.38. The van der Waals surface area contributed by atoms with E-state index in [2.05, 4.69) is 4.98 Å². The smallest absolute Gasteiger partial charge is 0.361 e. The number of halogens is 2. The largest absolute Gasteiger partial charge is 0.404 e.